The van der Waals surface area contributed by atoms with Crippen LogP contribution in [0.2, 0.25) is 5.02 Å². The van der Waals surface area contributed by atoms with E-state index >= 15 is 0 Å². The van der Waals surface area contributed by atoms with E-state index in [4.69, 9.17) is 25.8 Å². The Morgan fingerprint density at radius 1 is 0.947 bits per heavy atom. The highest BCUT2D eigenvalue weighted by molar-refractivity contribution is 6.30. The van der Waals surface area contributed by atoms with Crippen LogP contribution in [0, 0.1) is 10.8 Å². The molecule has 0 amide bonds. The van der Waals surface area contributed by atoms with E-state index in [1.165, 1.54) is 0 Å². The average molecular weight is 283 g/mol. The minimum absolute atomic E-state index is 0.0683. The van der Waals surface area contributed by atoms with Crippen molar-refractivity contribution in [3.05, 3.63) is 34.9 Å². The fourth-order valence-electron chi connectivity index (χ4n) is 2.50. The van der Waals surface area contributed by atoms with Crippen molar-refractivity contribution in [2.24, 2.45) is 10.8 Å². The Bertz CT molecular complexity index is 451. The maximum absolute atomic E-state index is 5.93. The van der Waals surface area contributed by atoms with Gasteiger partial charge in [-0.1, -0.05) is 32.4 Å². The fourth-order valence-corrected chi connectivity index (χ4v) is 2.63. The molecule has 4 heteroatoms. The van der Waals surface area contributed by atoms with E-state index < -0.39 is 5.97 Å². The lowest BCUT2D eigenvalue weighted by atomic mass is 9.67. The van der Waals surface area contributed by atoms with Crippen LogP contribution >= 0.6 is 11.6 Å². The summed E-state index contributed by atoms with van der Waals surface area (Å²) >= 11 is 5.91. The third-order valence-corrected chi connectivity index (χ3v) is 4.66. The van der Waals surface area contributed by atoms with Crippen LogP contribution in [0.4, 0.5) is 0 Å². The molecule has 3 fully saturated rings. The van der Waals surface area contributed by atoms with Gasteiger partial charge < -0.3 is 14.2 Å². The van der Waals surface area contributed by atoms with Gasteiger partial charge in [-0.15, -0.1) is 0 Å². The van der Waals surface area contributed by atoms with Gasteiger partial charge in [0.15, 0.2) is 0 Å². The van der Waals surface area contributed by atoms with Crippen molar-refractivity contribution in [3.8, 4) is 0 Å². The molecule has 0 aromatic heterocycles. The standard InChI is InChI=1S/C15H19ClO3/c1-13(2,3)14-8-17-15(18-9-14,19-10-14)11-4-6-12(16)7-5-11/h4-7H,8-10H2,1-3H3. The molecular formula is C15H19ClO3. The van der Waals surface area contributed by atoms with Crippen molar-refractivity contribution < 1.29 is 14.2 Å². The first-order chi connectivity index (χ1) is 8.87. The summed E-state index contributed by atoms with van der Waals surface area (Å²) in [4.78, 5) is 0. The van der Waals surface area contributed by atoms with Crippen LogP contribution in [0.25, 0.3) is 0 Å². The molecule has 4 rings (SSSR count). The monoisotopic (exact) mass is 282 g/mol. The molecule has 1 aromatic carbocycles. The van der Waals surface area contributed by atoms with Gasteiger partial charge in [0.1, 0.15) is 0 Å². The van der Waals surface area contributed by atoms with E-state index in [2.05, 4.69) is 20.8 Å². The SMILES string of the molecule is CC(C)(C)C12COC(c3ccc(Cl)cc3)(OC1)OC2. The Morgan fingerprint density at radius 3 is 1.84 bits per heavy atom. The Labute approximate surface area is 118 Å². The second-order valence-electron chi connectivity index (χ2n) is 6.46. The van der Waals surface area contributed by atoms with Crippen molar-refractivity contribution in [1.29, 1.82) is 0 Å². The van der Waals surface area contributed by atoms with Gasteiger partial charge in [-0.05, 0) is 29.7 Å². The van der Waals surface area contributed by atoms with E-state index in [1.54, 1.807) is 0 Å². The molecule has 2 bridgehead atoms. The van der Waals surface area contributed by atoms with E-state index in [1.807, 2.05) is 24.3 Å². The van der Waals surface area contributed by atoms with Gasteiger partial charge >= 0.3 is 5.97 Å². The third kappa shape index (κ3) is 2.00. The minimum Gasteiger partial charge on any atom is -0.323 e. The van der Waals surface area contributed by atoms with E-state index in [9.17, 15) is 0 Å². The van der Waals surface area contributed by atoms with Gasteiger partial charge in [-0.25, -0.2) is 0 Å². The smallest absolute Gasteiger partial charge is 0.312 e. The molecule has 0 spiro atoms. The summed E-state index contributed by atoms with van der Waals surface area (Å²) in [5, 5.41) is 0.691. The highest BCUT2D eigenvalue weighted by Crippen LogP contribution is 2.51. The molecule has 0 aliphatic carbocycles. The molecule has 0 saturated carbocycles. The first-order valence-corrected chi connectivity index (χ1v) is 6.93. The first-order valence-electron chi connectivity index (χ1n) is 6.55. The van der Waals surface area contributed by atoms with E-state index in [0.717, 1.165) is 5.56 Å². The van der Waals surface area contributed by atoms with Crippen LogP contribution in [0.1, 0.15) is 26.3 Å². The molecule has 0 radical (unpaired) electrons. The highest BCUT2D eigenvalue weighted by Gasteiger charge is 2.57. The second kappa shape index (κ2) is 4.19. The number of fused-ring (bicyclic) bond motifs is 3. The minimum atomic E-state index is -1.04. The summed E-state index contributed by atoms with van der Waals surface area (Å²) < 4.78 is 17.8. The molecule has 19 heavy (non-hydrogen) atoms. The van der Waals surface area contributed by atoms with Gasteiger partial charge in [0, 0.05) is 16.0 Å². The normalized spacial score (nSPS) is 34.5. The molecule has 3 aliphatic heterocycles. The predicted molar refractivity (Wildman–Crippen MR) is 72.9 cm³/mol. The summed E-state index contributed by atoms with van der Waals surface area (Å²) in [5.74, 6) is -1.04. The first kappa shape index (κ1) is 13.4. The van der Waals surface area contributed by atoms with Crippen molar-refractivity contribution in [1.82, 2.24) is 0 Å². The van der Waals surface area contributed by atoms with Crippen LogP contribution in [0.15, 0.2) is 24.3 Å². The molecule has 3 heterocycles. The summed E-state index contributed by atoms with van der Waals surface area (Å²) in [6, 6.07) is 7.42. The van der Waals surface area contributed by atoms with Gasteiger partial charge in [-0.3, -0.25) is 0 Å². The lowest BCUT2D eigenvalue weighted by Gasteiger charge is -2.56. The van der Waals surface area contributed by atoms with E-state index in [-0.39, 0.29) is 10.8 Å². The number of halogens is 1. The summed E-state index contributed by atoms with van der Waals surface area (Å²) in [5.41, 5.74) is 0.875. The molecule has 0 atom stereocenters. The molecule has 1 aromatic rings. The number of rotatable bonds is 1. The molecule has 0 unspecified atom stereocenters. The summed E-state index contributed by atoms with van der Waals surface area (Å²) in [7, 11) is 0. The topological polar surface area (TPSA) is 27.7 Å². The average Bonchev–Trinajstić information content (AvgIpc) is 2.40. The largest absolute Gasteiger partial charge is 0.323 e. The number of hydrogen-bond acceptors (Lipinski definition) is 3. The van der Waals surface area contributed by atoms with Gasteiger partial charge in [0.25, 0.3) is 0 Å². The molecule has 0 N–H and O–H groups in total. The van der Waals surface area contributed by atoms with Gasteiger partial charge in [-0.2, -0.15) is 0 Å². The zero-order valence-electron chi connectivity index (χ0n) is 11.5. The fraction of sp³-hybridized carbons (Fsp3) is 0.600. The Morgan fingerprint density at radius 2 is 1.42 bits per heavy atom. The molecule has 3 saturated heterocycles. The Hall–Kier alpha value is -0.610. The van der Waals surface area contributed by atoms with Crippen LogP contribution < -0.4 is 0 Å². The lowest BCUT2D eigenvalue weighted by Crippen LogP contribution is -2.62. The maximum Gasteiger partial charge on any atom is 0.312 e. The number of hydrogen-bond donors (Lipinski definition) is 0. The number of ether oxygens (including phenoxy) is 3. The van der Waals surface area contributed by atoms with Crippen LogP contribution in [-0.2, 0) is 20.2 Å². The van der Waals surface area contributed by atoms with Gasteiger partial charge in [0.2, 0.25) is 0 Å². The van der Waals surface area contributed by atoms with Gasteiger partial charge in [0.05, 0.1) is 19.8 Å². The van der Waals surface area contributed by atoms with Crippen LogP contribution in [0.3, 0.4) is 0 Å². The predicted octanol–water partition coefficient (Wildman–Crippen LogP) is 3.56. The van der Waals surface area contributed by atoms with Crippen LogP contribution in [0.5, 0.6) is 0 Å². The Balaban J connectivity index is 1.87. The van der Waals surface area contributed by atoms with Crippen LogP contribution in [-0.4, -0.2) is 19.8 Å². The molecule has 3 nitrogen and oxygen atoms in total. The zero-order valence-corrected chi connectivity index (χ0v) is 12.3. The van der Waals surface area contributed by atoms with Crippen molar-refractivity contribution in [3.63, 3.8) is 0 Å². The van der Waals surface area contributed by atoms with Crippen molar-refractivity contribution in [2.45, 2.75) is 26.7 Å². The van der Waals surface area contributed by atoms with Crippen molar-refractivity contribution >= 4 is 11.6 Å². The third-order valence-electron chi connectivity index (χ3n) is 4.40. The quantitative estimate of drug-likeness (QED) is 0.788. The second-order valence-corrected chi connectivity index (χ2v) is 6.90. The Kier molecular flexibility index (Phi) is 2.95. The number of benzene rings is 1. The lowest BCUT2D eigenvalue weighted by molar-refractivity contribution is -0.489. The zero-order chi connectivity index (χ0) is 13.7. The highest BCUT2D eigenvalue weighted by atomic mass is 35.5. The molecule has 104 valence electrons. The molecule has 3 aliphatic rings. The van der Waals surface area contributed by atoms with Crippen molar-refractivity contribution in [2.75, 3.05) is 19.8 Å². The van der Waals surface area contributed by atoms with E-state index in [0.29, 0.717) is 24.8 Å². The maximum atomic E-state index is 5.93. The molecular weight excluding hydrogens is 264 g/mol. The summed E-state index contributed by atoms with van der Waals surface area (Å²) in [6.45, 7) is 8.55. The summed E-state index contributed by atoms with van der Waals surface area (Å²) in [6.07, 6.45) is 0.